The molecular formula is C18H14FN3O4. The molecule has 0 bridgehead atoms. The Morgan fingerprint density at radius 2 is 2.23 bits per heavy atom. The second-order valence-electron chi connectivity index (χ2n) is 5.85. The molecule has 1 aliphatic rings. The average molecular weight is 355 g/mol. The summed E-state index contributed by atoms with van der Waals surface area (Å²) in [4.78, 5) is 33.3. The molecule has 7 nitrogen and oxygen atoms in total. The number of aliphatic hydroxyl groups is 1. The lowest BCUT2D eigenvalue weighted by atomic mass is 10.00. The maximum absolute atomic E-state index is 13.4. The third-order valence-electron chi connectivity index (χ3n) is 4.30. The molecule has 0 saturated carbocycles. The number of amides is 1. The van der Waals surface area contributed by atoms with Gasteiger partial charge in [-0.25, -0.2) is 9.37 Å². The molecule has 26 heavy (non-hydrogen) atoms. The average Bonchev–Trinajstić information content (AvgIpc) is 3.33. The molecule has 3 aromatic rings. The Hall–Kier alpha value is -3.42. The highest BCUT2D eigenvalue weighted by Gasteiger charge is 2.46. The molecule has 2 aromatic heterocycles. The number of hydrogen-bond acceptors (Lipinski definition) is 5. The van der Waals surface area contributed by atoms with Crippen LogP contribution in [0.15, 0.2) is 52.3 Å². The third kappa shape index (κ3) is 2.30. The van der Waals surface area contributed by atoms with Gasteiger partial charge in [-0.2, -0.15) is 0 Å². The Labute approximate surface area is 146 Å². The van der Waals surface area contributed by atoms with Crippen LogP contribution in [0.5, 0.6) is 0 Å². The first kappa shape index (κ1) is 16.1. The Balaban J connectivity index is 1.88. The van der Waals surface area contributed by atoms with Crippen molar-refractivity contribution >= 4 is 28.7 Å². The number of aromatic nitrogens is 2. The van der Waals surface area contributed by atoms with E-state index in [9.17, 15) is 19.1 Å². The molecule has 1 aromatic carbocycles. The largest absolute Gasteiger partial charge is 0.503 e. The number of carbonyl (C=O) groups is 2. The van der Waals surface area contributed by atoms with E-state index in [1.165, 1.54) is 24.5 Å². The maximum Gasteiger partial charge on any atom is 0.296 e. The topological polar surface area (TPSA) is 99.4 Å². The summed E-state index contributed by atoms with van der Waals surface area (Å²) in [6.07, 6.45) is 1.53. The summed E-state index contributed by atoms with van der Waals surface area (Å²) >= 11 is 0. The number of anilines is 1. The monoisotopic (exact) mass is 355 g/mol. The van der Waals surface area contributed by atoms with E-state index in [0.717, 1.165) is 4.90 Å². The predicted octanol–water partition coefficient (Wildman–Crippen LogP) is 3.17. The highest BCUT2D eigenvalue weighted by atomic mass is 19.1. The first-order chi connectivity index (χ1) is 12.5. The van der Waals surface area contributed by atoms with Gasteiger partial charge >= 0.3 is 0 Å². The van der Waals surface area contributed by atoms with Crippen molar-refractivity contribution in [2.24, 2.45) is 0 Å². The van der Waals surface area contributed by atoms with Crippen molar-refractivity contribution in [2.45, 2.75) is 19.4 Å². The van der Waals surface area contributed by atoms with Gasteiger partial charge in [-0.3, -0.25) is 14.5 Å². The number of benzene rings is 1. The van der Waals surface area contributed by atoms with Crippen LogP contribution in [-0.2, 0) is 9.59 Å². The summed E-state index contributed by atoms with van der Waals surface area (Å²) in [6, 6.07) is 6.25. The van der Waals surface area contributed by atoms with Gasteiger partial charge in [-0.15, -0.1) is 0 Å². The highest BCUT2D eigenvalue weighted by molar-refractivity contribution is 6.16. The quantitative estimate of drug-likeness (QED) is 0.749. The molecule has 1 amide bonds. The van der Waals surface area contributed by atoms with Crippen LogP contribution in [0.4, 0.5) is 10.3 Å². The smallest absolute Gasteiger partial charge is 0.296 e. The van der Waals surface area contributed by atoms with Crippen LogP contribution in [0.2, 0.25) is 0 Å². The minimum atomic E-state index is -0.949. The number of Topliss-reactive ketones (excluding diaryl/α,β-unsaturated/α-hetero) is 1. The van der Waals surface area contributed by atoms with Crippen molar-refractivity contribution in [3.63, 3.8) is 0 Å². The van der Waals surface area contributed by atoms with Crippen LogP contribution in [0.3, 0.4) is 0 Å². The molecule has 2 N–H and O–H groups in total. The molecule has 0 fully saturated rings. The molecule has 1 unspecified atom stereocenters. The minimum Gasteiger partial charge on any atom is -0.503 e. The second kappa shape index (κ2) is 5.83. The van der Waals surface area contributed by atoms with Gasteiger partial charge in [0.2, 0.25) is 5.95 Å². The fourth-order valence-electron chi connectivity index (χ4n) is 3.10. The summed E-state index contributed by atoms with van der Waals surface area (Å²) in [7, 11) is 0. The van der Waals surface area contributed by atoms with Crippen LogP contribution in [0.1, 0.15) is 25.1 Å². The third-order valence-corrected chi connectivity index (χ3v) is 4.30. The number of hydrogen-bond donors (Lipinski definition) is 2. The Bertz CT molecular complexity index is 1050. The van der Waals surface area contributed by atoms with Crippen LogP contribution in [0, 0.1) is 5.82 Å². The van der Waals surface area contributed by atoms with E-state index in [1.54, 1.807) is 19.1 Å². The first-order valence-electron chi connectivity index (χ1n) is 7.99. The molecule has 0 radical (unpaired) electrons. The second-order valence-corrected chi connectivity index (χ2v) is 5.85. The van der Waals surface area contributed by atoms with Crippen LogP contribution in [-0.4, -0.2) is 26.8 Å². The number of nitrogens with one attached hydrogen (secondary N) is 1. The molecule has 4 rings (SSSR count). The standard InChI is InChI=1S/C18H14FN3O4/c1-2-12(23)14-15(13-4-3-7-26-13)22(17(25)16(14)24)18-20-10-6-5-9(19)8-11(10)21-18/h3-8,15,24H,2H2,1H3,(H,20,21). The Kier molecular flexibility index (Phi) is 3.61. The SMILES string of the molecule is CCC(=O)C1=C(O)C(=O)N(c2nc3ccc(F)cc3[nH]2)C1c1ccco1. The number of carbonyl (C=O) groups excluding carboxylic acids is 2. The van der Waals surface area contributed by atoms with Crippen molar-refractivity contribution in [2.75, 3.05) is 4.90 Å². The highest BCUT2D eigenvalue weighted by Crippen LogP contribution is 2.40. The molecule has 1 atom stereocenters. The van der Waals surface area contributed by atoms with Crippen molar-refractivity contribution in [3.8, 4) is 0 Å². The van der Waals surface area contributed by atoms with E-state index in [1.807, 2.05) is 0 Å². The summed E-state index contributed by atoms with van der Waals surface area (Å²) in [5, 5.41) is 10.3. The molecule has 8 heteroatoms. The van der Waals surface area contributed by atoms with Gasteiger partial charge in [0.1, 0.15) is 17.6 Å². The zero-order chi connectivity index (χ0) is 18.4. The Morgan fingerprint density at radius 1 is 1.42 bits per heavy atom. The minimum absolute atomic E-state index is 0.0425. The number of rotatable bonds is 4. The molecule has 3 heterocycles. The summed E-state index contributed by atoms with van der Waals surface area (Å²) in [5.74, 6) is -1.84. The number of fused-ring (bicyclic) bond motifs is 1. The summed E-state index contributed by atoms with van der Waals surface area (Å²) < 4.78 is 18.8. The van der Waals surface area contributed by atoms with Crippen LogP contribution >= 0.6 is 0 Å². The number of ketones is 1. The van der Waals surface area contributed by atoms with Gasteiger partial charge in [0, 0.05) is 6.42 Å². The van der Waals surface area contributed by atoms with Gasteiger partial charge < -0.3 is 14.5 Å². The number of H-pyrrole nitrogens is 1. The van der Waals surface area contributed by atoms with Gasteiger partial charge in [0.05, 0.1) is 22.9 Å². The van der Waals surface area contributed by atoms with Crippen molar-refractivity contribution in [1.82, 2.24) is 9.97 Å². The van der Waals surface area contributed by atoms with Crippen LogP contribution < -0.4 is 4.90 Å². The summed E-state index contributed by atoms with van der Waals surface area (Å²) in [6.45, 7) is 1.64. The fraction of sp³-hybridized carbons (Fsp3) is 0.167. The lowest BCUT2D eigenvalue weighted by Gasteiger charge is -2.22. The van der Waals surface area contributed by atoms with Crippen molar-refractivity contribution in [1.29, 1.82) is 0 Å². The van der Waals surface area contributed by atoms with Crippen LogP contribution in [0.25, 0.3) is 11.0 Å². The fourth-order valence-corrected chi connectivity index (χ4v) is 3.10. The lowest BCUT2D eigenvalue weighted by molar-refractivity contribution is -0.118. The zero-order valence-corrected chi connectivity index (χ0v) is 13.7. The number of aromatic amines is 1. The van der Waals surface area contributed by atoms with Crippen molar-refractivity contribution in [3.05, 3.63) is 59.5 Å². The van der Waals surface area contributed by atoms with Gasteiger partial charge in [0.25, 0.3) is 5.91 Å². The molecule has 1 aliphatic heterocycles. The summed E-state index contributed by atoms with van der Waals surface area (Å²) in [5.41, 5.74) is 0.794. The van der Waals surface area contributed by atoms with E-state index in [0.29, 0.717) is 16.8 Å². The molecule has 0 saturated heterocycles. The Morgan fingerprint density at radius 3 is 2.92 bits per heavy atom. The van der Waals surface area contributed by atoms with Crippen molar-refractivity contribution < 1.29 is 23.5 Å². The number of halogens is 1. The lowest BCUT2D eigenvalue weighted by Crippen LogP contribution is -2.31. The molecule has 0 aliphatic carbocycles. The van der Waals surface area contributed by atoms with E-state index >= 15 is 0 Å². The number of imidazole rings is 1. The normalized spacial score (nSPS) is 17.5. The molecular weight excluding hydrogens is 341 g/mol. The number of furan rings is 1. The number of aliphatic hydroxyl groups excluding tert-OH is 1. The van der Waals surface area contributed by atoms with E-state index in [2.05, 4.69) is 9.97 Å². The van der Waals surface area contributed by atoms with E-state index < -0.39 is 23.5 Å². The van der Waals surface area contributed by atoms with Gasteiger partial charge in [0.15, 0.2) is 11.5 Å². The number of nitrogens with zero attached hydrogens (tertiary/aromatic N) is 2. The molecule has 0 spiro atoms. The van der Waals surface area contributed by atoms with E-state index in [4.69, 9.17) is 4.42 Å². The zero-order valence-electron chi connectivity index (χ0n) is 13.7. The predicted molar refractivity (Wildman–Crippen MR) is 89.9 cm³/mol. The molecule has 132 valence electrons. The van der Waals surface area contributed by atoms with E-state index in [-0.39, 0.29) is 23.7 Å². The maximum atomic E-state index is 13.4. The first-order valence-corrected chi connectivity index (χ1v) is 7.99. The van der Waals surface area contributed by atoms with Gasteiger partial charge in [-0.1, -0.05) is 6.92 Å². The van der Waals surface area contributed by atoms with Gasteiger partial charge in [-0.05, 0) is 30.3 Å².